The van der Waals surface area contributed by atoms with E-state index in [0.29, 0.717) is 5.82 Å². The van der Waals surface area contributed by atoms with Gasteiger partial charge in [-0.2, -0.15) is 0 Å². The Hall–Kier alpha value is -1.97. The average Bonchev–Trinajstić information content (AvgIpc) is 3.06. The number of fused-ring (bicyclic) bond motifs is 5. The first kappa shape index (κ1) is 10.9. The zero-order valence-electron chi connectivity index (χ0n) is 10.6. The van der Waals surface area contributed by atoms with Crippen LogP contribution in [0.3, 0.4) is 0 Å². The highest BCUT2D eigenvalue weighted by atomic mass is 16.2. The molecular weight excluding hydrogens is 240 g/mol. The molecule has 2 amide bonds. The van der Waals surface area contributed by atoms with Crippen LogP contribution in [0.1, 0.15) is 12.0 Å². The molecule has 4 heteroatoms. The SMILES string of the molecule is Cc1cccnc1N1C(=O)C2C3C=CC(C3)C2C1=O. The summed E-state index contributed by atoms with van der Waals surface area (Å²) in [6, 6.07) is 3.69. The smallest absolute Gasteiger partial charge is 0.239 e. The van der Waals surface area contributed by atoms with Crippen LogP contribution >= 0.6 is 0 Å². The number of carbonyl (C=O) groups excluding carboxylic acids is 2. The lowest BCUT2D eigenvalue weighted by atomic mass is 9.85. The Labute approximate surface area is 111 Å². The van der Waals surface area contributed by atoms with Gasteiger partial charge in [0.15, 0.2) is 0 Å². The molecule has 1 aliphatic heterocycles. The number of hydrogen-bond acceptors (Lipinski definition) is 3. The number of imide groups is 1. The minimum Gasteiger partial charge on any atom is -0.274 e. The molecule has 0 aromatic carbocycles. The van der Waals surface area contributed by atoms with Gasteiger partial charge in [0.05, 0.1) is 11.8 Å². The first-order valence-electron chi connectivity index (χ1n) is 6.66. The maximum Gasteiger partial charge on any atom is 0.239 e. The fourth-order valence-electron chi connectivity index (χ4n) is 3.82. The molecule has 1 aromatic heterocycles. The third-order valence-electron chi connectivity index (χ3n) is 4.66. The number of rotatable bonds is 1. The van der Waals surface area contributed by atoms with E-state index >= 15 is 0 Å². The highest BCUT2D eigenvalue weighted by Gasteiger charge is 2.59. The average molecular weight is 254 g/mol. The lowest BCUT2D eigenvalue weighted by molar-refractivity contribution is -0.123. The van der Waals surface area contributed by atoms with Crippen LogP contribution < -0.4 is 4.90 Å². The molecule has 2 aliphatic carbocycles. The van der Waals surface area contributed by atoms with Gasteiger partial charge in [-0.3, -0.25) is 9.59 Å². The second kappa shape index (κ2) is 3.53. The van der Waals surface area contributed by atoms with E-state index in [0.717, 1.165) is 12.0 Å². The van der Waals surface area contributed by atoms with Crippen LogP contribution in [0.4, 0.5) is 5.82 Å². The molecule has 1 saturated carbocycles. The lowest BCUT2D eigenvalue weighted by Gasteiger charge is -2.17. The summed E-state index contributed by atoms with van der Waals surface area (Å²) < 4.78 is 0. The monoisotopic (exact) mass is 254 g/mol. The summed E-state index contributed by atoms with van der Waals surface area (Å²) in [6.07, 6.45) is 6.79. The van der Waals surface area contributed by atoms with Gasteiger partial charge in [0.1, 0.15) is 5.82 Å². The third kappa shape index (κ3) is 1.26. The van der Waals surface area contributed by atoms with Crippen molar-refractivity contribution in [3.63, 3.8) is 0 Å². The maximum absolute atomic E-state index is 12.6. The lowest BCUT2D eigenvalue weighted by Crippen LogP contribution is -2.34. The number of pyridine rings is 1. The number of amides is 2. The number of nitrogens with zero attached hydrogens (tertiary/aromatic N) is 2. The van der Waals surface area contributed by atoms with Crippen molar-refractivity contribution in [2.45, 2.75) is 13.3 Å². The number of anilines is 1. The summed E-state index contributed by atoms with van der Waals surface area (Å²) in [5, 5.41) is 0. The van der Waals surface area contributed by atoms with Gasteiger partial charge >= 0.3 is 0 Å². The van der Waals surface area contributed by atoms with Crippen molar-refractivity contribution in [2.24, 2.45) is 23.7 Å². The number of hydrogen-bond donors (Lipinski definition) is 0. The molecule has 2 fully saturated rings. The first-order valence-corrected chi connectivity index (χ1v) is 6.66. The Balaban J connectivity index is 1.79. The summed E-state index contributed by atoms with van der Waals surface area (Å²) >= 11 is 0. The minimum absolute atomic E-state index is 0.0614. The molecule has 1 aromatic rings. The highest BCUT2D eigenvalue weighted by Crippen LogP contribution is 2.53. The Morgan fingerprint density at radius 1 is 1.16 bits per heavy atom. The van der Waals surface area contributed by atoms with Crippen molar-refractivity contribution in [3.05, 3.63) is 36.0 Å². The largest absolute Gasteiger partial charge is 0.274 e. The van der Waals surface area contributed by atoms with Crippen molar-refractivity contribution in [1.29, 1.82) is 0 Å². The quantitative estimate of drug-likeness (QED) is 0.566. The molecule has 4 atom stereocenters. The van der Waals surface area contributed by atoms with E-state index in [1.54, 1.807) is 6.20 Å². The van der Waals surface area contributed by atoms with Crippen molar-refractivity contribution in [3.8, 4) is 0 Å². The van der Waals surface area contributed by atoms with Crippen LogP contribution in [0.25, 0.3) is 0 Å². The van der Waals surface area contributed by atoms with Gasteiger partial charge < -0.3 is 0 Å². The molecule has 1 saturated heterocycles. The van der Waals surface area contributed by atoms with E-state index in [4.69, 9.17) is 0 Å². The van der Waals surface area contributed by atoms with Gasteiger partial charge in [-0.1, -0.05) is 18.2 Å². The highest BCUT2D eigenvalue weighted by molar-refractivity contribution is 6.22. The second-order valence-corrected chi connectivity index (χ2v) is 5.66. The van der Waals surface area contributed by atoms with Crippen LogP contribution in [0.2, 0.25) is 0 Å². The van der Waals surface area contributed by atoms with E-state index < -0.39 is 0 Å². The zero-order valence-corrected chi connectivity index (χ0v) is 10.6. The van der Waals surface area contributed by atoms with Crippen molar-refractivity contribution in [2.75, 3.05) is 4.90 Å². The standard InChI is InChI=1S/C15H14N2O2/c1-8-3-2-6-16-13(8)17-14(18)11-9-4-5-10(7-9)12(11)15(17)19/h2-6,9-12H,7H2,1H3. The van der Waals surface area contributed by atoms with Gasteiger partial charge in [0.25, 0.3) is 0 Å². The summed E-state index contributed by atoms with van der Waals surface area (Å²) in [5.41, 5.74) is 0.865. The Kier molecular flexibility index (Phi) is 2.03. The molecule has 4 rings (SSSR count). The number of carbonyl (C=O) groups is 2. The summed E-state index contributed by atoms with van der Waals surface area (Å²) in [5.74, 6) is 0.586. The normalized spacial score (nSPS) is 35.3. The molecule has 96 valence electrons. The molecule has 4 nitrogen and oxygen atoms in total. The Morgan fingerprint density at radius 2 is 1.79 bits per heavy atom. The van der Waals surface area contributed by atoms with E-state index in [1.807, 2.05) is 19.1 Å². The van der Waals surface area contributed by atoms with Gasteiger partial charge in [0, 0.05) is 6.20 Å². The molecule has 19 heavy (non-hydrogen) atoms. The van der Waals surface area contributed by atoms with E-state index in [1.165, 1.54) is 4.90 Å². The molecule has 3 aliphatic rings. The van der Waals surface area contributed by atoms with Gasteiger partial charge in [-0.25, -0.2) is 9.88 Å². The third-order valence-corrected chi connectivity index (χ3v) is 4.66. The molecule has 4 unspecified atom stereocenters. The van der Waals surface area contributed by atoms with E-state index in [2.05, 4.69) is 17.1 Å². The second-order valence-electron chi connectivity index (χ2n) is 5.66. The van der Waals surface area contributed by atoms with E-state index in [-0.39, 0.29) is 35.5 Å². The molecule has 2 heterocycles. The molecule has 0 spiro atoms. The molecular formula is C15H14N2O2. The zero-order chi connectivity index (χ0) is 13.1. The van der Waals surface area contributed by atoms with E-state index in [9.17, 15) is 9.59 Å². The minimum atomic E-state index is -0.149. The topological polar surface area (TPSA) is 50.3 Å². The van der Waals surface area contributed by atoms with Crippen molar-refractivity contribution in [1.82, 2.24) is 4.98 Å². The maximum atomic E-state index is 12.6. The Bertz CT molecular complexity index is 592. The van der Waals surface area contributed by atoms with Gasteiger partial charge in [0.2, 0.25) is 11.8 Å². The fourth-order valence-corrected chi connectivity index (χ4v) is 3.82. The fraction of sp³-hybridized carbons (Fsp3) is 0.400. The predicted molar refractivity (Wildman–Crippen MR) is 69.2 cm³/mol. The van der Waals surface area contributed by atoms with Crippen LogP contribution in [-0.2, 0) is 9.59 Å². The molecule has 0 N–H and O–H groups in total. The predicted octanol–water partition coefficient (Wildman–Crippen LogP) is 1.70. The summed E-state index contributed by atoms with van der Waals surface area (Å²) in [4.78, 5) is 30.7. The van der Waals surface area contributed by atoms with Crippen molar-refractivity contribution >= 4 is 17.6 Å². The van der Waals surface area contributed by atoms with Crippen LogP contribution in [0.15, 0.2) is 30.5 Å². The van der Waals surface area contributed by atoms with Crippen LogP contribution in [-0.4, -0.2) is 16.8 Å². The van der Waals surface area contributed by atoms with Crippen LogP contribution in [0, 0.1) is 30.6 Å². The summed E-state index contributed by atoms with van der Waals surface area (Å²) in [7, 11) is 0. The summed E-state index contributed by atoms with van der Waals surface area (Å²) in [6.45, 7) is 1.88. The van der Waals surface area contributed by atoms with Crippen molar-refractivity contribution < 1.29 is 9.59 Å². The van der Waals surface area contributed by atoms with Crippen LogP contribution in [0.5, 0.6) is 0 Å². The van der Waals surface area contributed by atoms with Gasteiger partial charge in [-0.05, 0) is 36.8 Å². The first-order chi connectivity index (χ1) is 9.18. The Morgan fingerprint density at radius 3 is 2.37 bits per heavy atom. The molecule has 2 bridgehead atoms. The number of allylic oxidation sites excluding steroid dienone is 2. The molecule has 0 radical (unpaired) electrons. The number of aromatic nitrogens is 1. The number of aryl methyl sites for hydroxylation is 1. The van der Waals surface area contributed by atoms with Gasteiger partial charge in [-0.15, -0.1) is 0 Å².